The molecule has 0 aliphatic heterocycles. The molecule has 19 heavy (non-hydrogen) atoms. The second kappa shape index (κ2) is 7.46. The van der Waals surface area contributed by atoms with Crippen LogP contribution in [0.4, 0.5) is 5.69 Å². The topological polar surface area (TPSA) is 53.8 Å². The van der Waals surface area contributed by atoms with Crippen molar-refractivity contribution in [1.82, 2.24) is 5.43 Å². The van der Waals surface area contributed by atoms with Crippen LogP contribution in [0.3, 0.4) is 0 Å². The molecule has 0 saturated carbocycles. The standard InChI is InChI=1S/C15H21N3O/c1-5-11(3)16-14-10-8-7-9-13(14)15(19)18-17-12(4)6-2/h7-10H,5-6H2,1-4H3,(H,18,19). The van der Waals surface area contributed by atoms with Crippen molar-refractivity contribution in [1.29, 1.82) is 0 Å². The van der Waals surface area contributed by atoms with Crippen LogP contribution < -0.4 is 5.43 Å². The Morgan fingerprint density at radius 3 is 2.37 bits per heavy atom. The Bertz CT molecular complexity index is 504. The molecule has 0 aromatic heterocycles. The number of rotatable bonds is 5. The van der Waals surface area contributed by atoms with Crippen molar-refractivity contribution in [2.75, 3.05) is 0 Å². The number of hydrazone groups is 1. The fraction of sp³-hybridized carbons (Fsp3) is 0.400. The van der Waals surface area contributed by atoms with Gasteiger partial charge in [-0.1, -0.05) is 26.0 Å². The molecule has 0 atom stereocenters. The second-order valence-corrected chi connectivity index (χ2v) is 4.36. The first-order valence-corrected chi connectivity index (χ1v) is 6.55. The molecule has 0 saturated heterocycles. The van der Waals surface area contributed by atoms with Gasteiger partial charge in [-0.2, -0.15) is 5.10 Å². The van der Waals surface area contributed by atoms with Gasteiger partial charge < -0.3 is 0 Å². The average molecular weight is 259 g/mol. The van der Waals surface area contributed by atoms with Crippen LogP contribution >= 0.6 is 0 Å². The van der Waals surface area contributed by atoms with E-state index >= 15 is 0 Å². The van der Waals surface area contributed by atoms with Gasteiger partial charge in [-0.25, -0.2) is 5.43 Å². The fourth-order valence-corrected chi connectivity index (χ4v) is 1.33. The summed E-state index contributed by atoms with van der Waals surface area (Å²) < 4.78 is 0. The molecule has 0 bridgehead atoms. The van der Waals surface area contributed by atoms with Gasteiger partial charge in [-0.15, -0.1) is 0 Å². The normalized spacial score (nSPS) is 12.4. The van der Waals surface area contributed by atoms with Crippen molar-refractivity contribution in [3.8, 4) is 0 Å². The number of amides is 1. The van der Waals surface area contributed by atoms with Crippen LogP contribution in [-0.2, 0) is 0 Å². The Kier molecular flexibility index (Phi) is 5.93. The van der Waals surface area contributed by atoms with E-state index in [0.29, 0.717) is 11.3 Å². The summed E-state index contributed by atoms with van der Waals surface area (Å²) in [6.07, 6.45) is 1.68. The molecule has 4 heteroatoms. The Balaban J connectivity index is 2.97. The molecular formula is C15H21N3O. The highest BCUT2D eigenvalue weighted by atomic mass is 16.2. The maximum Gasteiger partial charge on any atom is 0.273 e. The number of aliphatic imine (C=N–C) groups is 1. The molecule has 1 aromatic carbocycles. The monoisotopic (exact) mass is 259 g/mol. The Morgan fingerprint density at radius 1 is 1.11 bits per heavy atom. The zero-order valence-electron chi connectivity index (χ0n) is 12.0. The molecule has 1 N–H and O–H groups in total. The van der Waals surface area contributed by atoms with Gasteiger partial charge in [0.25, 0.3) is 5.91 Å². The van der Waals surface area contributed by atoms with Gasteiger partial charge in [0.1, 0.15) is 0 Å². The van der Waals surface area contributed by atoms with Crippen molar-refractivity contribution < 1.29 is 4.79 Å². The molecule has 1 rings (SSSR count). The predicted molar refractivity (Wildman–Crippen MR) is 80.4 cm³/mol. The number of hydrogen-bond acceptors (Lipinski definition) is 3. The lowest BCUT2D eigenvalue weighted by Gasteiger charge is -2.05. The molecular weight excluding hydrogens is 238 g/mol. The van der Waals surface area contributed by atoms with E-state index in [2.05, 4.69) is 15.5 Å². The quantitative estimate of drug-likeness (QED) is 0.636. The third kappa shape index (κ3) is 4.66. The molecule has 1 aromatic rings. The first kappa shape index (κ1) is 15.1. The van der Waals surface area contributed by atoms with E-state index in [1.54, 1.807) is 6.07 Å². The van der Waals surface area contributed by atoms with Crippen LogP contribution in [0.5, 0.6) is 0 Å². The average Bonchev–Trinajstić information content (AvgIpc) is 2.44. The van der Waals surface area contributed by atoms with E-state index in [4.69, 9.17) is 0 Å². The van der Waals surface area contributed by atoms with Gasteiger partial charge >= 0.3 is 0 Å². The molecule has 1 amide bonds. The van der Waals surface area contributed by atoms with E-state index in [9.17, 15) is 4.79 Å². The molecule has 0 fully saturated rings. The van der Waals surface area contributed by atoms with E-state index in [1.807, 2.05) is 45.9 Å². The summed E-state index contributed by atoms with van der Waals surface area (Å²) in [7, 11) is 0. The van der Waals surface area contributed by atoms with Gasteiger partial charge in [0.05, 0.1) is 11.3 Å². The third-order valence-corrected chi connectivity index (χ3v) is 2.83. The Morgan fingerprint density at radius 2 is 1.74 bits per heavy atom. The van der Waals surface area contributed by atoms with Crippen molar-refractivity contribution in [3.05, 3.63) is 29.8 Å². The van der Waals surface area contributed by atoms with E-state index in [1.165, 1.54) is 0 Å². The number of nitrogens with zero attached hydrogens (tertiary/aromatic N) is 2. The summed E-state index contributed by atoms with van der Waals surface area (Å²) >= 11 is 0. The summed E-state index contributed by atoms with van der Waals surface area (Å²) in [5.41, 5.74) is 5.67. The number of benzene rings is 1. The van der Waals surface area contributed by atoms with Crippen LogP contribution in [0.1, 0.15) is 50.9 Å². The van der Waals surface area contributed by atoms with Crippen LogP contribution in [0.2, 0.25) is 0 Å². The van der Waals surface area contributed by atoms with E-state index in [0.717, 1.165) is 24.3 Å². The number of carbonyl (C=O) groups excluding carboxylic acids is 1. The molecule has 0 aliphatic rings. The van der Waals surface area contributed by atoms with E-state index < -0.39 is 0 Å². The van der Waals surface area contributed by atoms with Crippen molar-refractivity contribution >= 4 is 23.0 Å². The molecule has 0 unspecified atom stereocenters. The van der Waals surface area contributed by atoms with Crippen LogP contribution in [0.25, 0.3) is 0 Å². The molecule has 0 aliphatic carbocycles. The Hall–Kier alpha value is -1.97. The summed E-state index contributed by atoms with van der Waals surface area (Å²) in [5, 5.41) is 4.03. The van der Waals surface area contributed by atoms with Crippen LogP contribution in [0, 0.1) is 0 Å². The first-order chi connectivity index (χ1) is 9.08. The Labute approximate surface area is 114 Å². The number of para-hydroxylation sites is 1. The minimum atomic E-state index is -0.226. The summed E-state index contributed by atoms with van der Waals surface area (Å²) in [6, 6.07) is 7.29. The number of nitrogens with one attached hydrogen (secondary N) is 1. The molecule has 0 radical (unpaired) electrons. The van der Waals surface area contributed by atoms with Crippen molar-refractivity contribution in [2.24, 2.45) is 10.1 Å². The number of carbonyl (C=O) groups is 1. The zero-order valence-corrected chi connectivity index (χ0v) is 12.0. The highest BCUT2D eigenvalue weighted by Gasteiger charge is 2.09. The highest BCUT2D eigenvalue weighted by Crippen LogP contribution is 2.19. The second-order valence-electron chi connectivity index (χ2n) is 4.36. The van der Waals surface area contributed by atoms with Crippen LogP contribution in [0.15, 0.2) is 34.4 Å². The van der Waals surface area contributed by atoms with Gasteiger partial charge in [0.2, 0.25) is 0 Å². The zero-order chi connectivity index (χ0) is 14.3. The van der Waals surface area contributed by atoms with Gasteiger partial charge in [-0.3, -0.25) is 9.79 Å². The lowest BCUT2D eigenvalue weighted by Crippen LogP contribution is -2.19. The minimum absolute atomic E-state index is 0.226. The molecule has 102 valence electrons. The lowest BCUT2D eigenvalue weighted by molar-refractivity contribution is 0.0955. The lowest BCUT2D eigenvalue weighted by atomic mass is 10.1. The van der Waals surface area contributed by atoms with Gasteiger partial charge in [-0.05, 0) is 38.8 Å². The predicted octanol–water partition coefficient (Wildman–Crippen LogP) is 3.70. The fourth-order valence-electron chi connectivity index (χ4n) is 1.33. The maximum atomic E-state index is 12.1. The third-order valence-electron chi connectivity index (χ3n) is 2.83. The number of hydrogen-bond donors (Lipinski definition) is 1. The minimum Gasteiger partial charge on any atom is -0.267 e. The van der Waals surface area contributed by atoms with Gasteiger partial charge in [0, 0.05) is 11.4 Å². The van der Waals surface area contributed by atoms with Crippen LogP contribution in [-0.4, -0.2) is 17.3 Å². The molecule has 4 nitrogen and oxygen atoms in total. The molecule has 0 heterocycles. The smallest absolute Gasteiger partial charge is 0.267 e. The van der Waals surface area contributed by atoms with E-state index in [-0.39, 0.29) is 5.91 Å². The first-order valence-electron chi connectivity index (χ1n) is 6.55. The SMILES string of the molecule is CCC(C)=NNC(=O)c1ccccc1N=C(C)CC. The van der Waals surface area contributed by atoms with Crippen molar-refractivity contribution in [3.63, 3.8) is 0 Å². The largest absolute Gasteiger partial charge is 0.273 e. The molecule has 0 spiro atoms. The van der Waals surface area contributed by atoms with Gasteiger partial charge in [0.15, 0.2) is 0 Å². The summed E-state index contributed by atoms with van der Waals surface area (Å²) in [5.74, 6) is -0.226. The summed E-state index contributed by atoms with van der Waals surface area (Å²) in [6.45, 7) is 7.86. The van der Waals surface area contributed by atoms with Crippen molar-refractivity contribution in [2.45, 2.75) is 40.5 Å². The summed E-state index contributed by atoms with van der Waals surface area (Å²) in [4.78, 5) is 16.5. The highest BCUT2D eigenvalue weighted by molar-refractivity contribution is 6.00. The maximum absolute atomic E-state index is 12.1.